The lowest BCUT2D eigenvalue weighted by molar-refractivity contribution is 0.180. The maximum atomic E-state index is 6.43. The summed E-state index contributed by atoms with van der Waals surface area (Å²) in [5.41, 5.74) is 1.23. The van der Waals surface area contributed by atoms with E-state index in [9.17, 15) is 0 Å². The third-order valence-corrected chi connectivity index (χ3v) is 5.12. The van der Waals surface area contributed by atoms with Crippen LogP contribution in [0.3, 0.4) is 0 Å². The summed E-state index contributed by atoms with van der Waals surface area (Å²) in [5.74, 6) is 2.32. The van der Waals surface area contributed by atoms with E-state index in [1.54, 1.807) is 0 Å². The van der Waals surface area contributed by atoms with Gasteiger partial charge in [-0.2, -0.15) is 0 Å². The van der Waals surface area contributed by atoms with E-state index >= 15 is 0 Å². The molecule has 0 amide bonds. The minimum Gasteiger partial charge on any atom is -0.313 e. The number of nitrogens with one attached hydrogen (secondary N) is 1. The first-order valence-electron chi connectivity index (χ1n) is 7.13. The van der Waals surface area contributed by atoms with Crippen LogP contribution in [0.25, 0.3) is 0 Å². The minimum absolute atomic E-state index is 0.366. The summed E-state index contributed by atoms with van der Waals surface area (Å²) in [7, 11) is 2.05. The Morgan fingerprint density at radius 1 is 1.21 bits per heavy atom. The molecule has 1 aliphatic rings. The number of halogens is 2. The number of rotatable bonds is 3. The SMILES string of the molecule is CNC(c1ccc(Br)cc1Cl)C1CC(C)CC(C)C1. The van der Waals surface area contributed by atoms with Crippen molar-refractivity contribution >= 4 is 27.5 Å². The highest BCUT2D eigenvalue weighted by Crippen LogP contribution is 2.41. The van der Waals surface area contributed by atoms with Crippen LogP contribution in [0.2, 0.25) is 5.02 Å². The van der Waals surface area contributed by atoms with Crippen molar-refractivity contribution in [2.45, 2.75) is 39.2 Å². The Hall–Kier alpha value is -0.0500. The second-order valence-electron chi connectivity index (χ2n) is 6.11. The van der Waals surface area contributed by atoms with Crippen LogP contribution in [-0.4, -0.2) is 7.05 Å². The van der Waals surface area contributed by atoms with Crippen molar-refractivity contribution < 1.29 is 0 Å². The van der Waals surface area contributed by atoms with Crippen LogP contribution in [0.15, 0.2) is 22.7 Å². The molecule has 0 aromatic heterocycles. The van der Waals surface area contributed by atoms with Crippen LogP contribution in [0.1, 0.15) is 44.7 Å². The van der Waals surface area contributed by atoms with E-state index in [0.717, 1.165) is 21.3 Å². The van der Waals surface area contributed by atoms with Gasteiger partial charge >= 0.3 is 0 Å². The van der Waals surface area contributed by atoms with Crippen molar-refractivity contribution in [3.63, 3.8) is 0 Å². The summed E-state index contributed by atoms with van der Waals surface area (Å²) in [4.78, 5) is 0. The van der Waals surface area contributed by atoms with Crippen LogP contribution < -0.4 is 5.32 Å². The summed E-state index contributed by atoms with van der Waals surface area (Å²) in [6.45, 7) is 4.75. The molecule has 1 aliphatic carbocycles. The molecule has 0 spiro atoms. The second kappa shape index (κ2) is 6.60. The molecule has 0 bridgehead atoms. The van der Waals surface area contributed by atoms with Crippen LogP contribution in [-0.2, 0) is 0 Å². The van der Waals surface area contributed by atoms with Gasteiger partial charge in [-0.15, -0.1) is 0 Å². The summed E-state index contributed by atoms with van der Waals surface area (Å²) < 4.78 is 1.04. The quantitative estimate of drug-likeness (QED) is 0.770. The van der Waals surface area contributed by atoms with Crippen molar-refractivity contribution in [1.29, 1.82) is 0 Å². The van der Waals surface area contributed by atoms with E-state index in [0.29, 0.717) is 12.0 Å². The first-order valence-corrected chi connectivity index (χ1v) is 8.30. The minimum atomic E-state index is 0.366. The molecular formula is C16H23BrClN. The Balaban J connectivity index is 2.23. The third kappa shape index (κ3) is 3.74. The molecule has 3 atom stereocenters. The van der Waals surface area contributed by atoms with Gasteiger partial charge in [0.1, 0.15) is 0 Å². The predicted octanol–water partition coefficient (Wildman–Crippen LogP) is 5.44. The maximum absolute atomic E-state index is 6.43. The van der Waals surface area contributed by atoms with Crippen molar-refractivity contribution in [2.75, 3.05) is 7.05 Å². The van der Waals surface area contributed by atoms with E-state index in [1.807, 2.05) is 13.1 Å². The van der Waals surface area contributed by atoms with Crippen molar-refractivity contribution in [3.05, 3.63) is 33.3 Å². The summed E-state index contributed by atoms with van der Waals surface area (Å²) in [6.07, 6.45) is 3.95. The van der Waals surface area contributed by atoms with Crippen molar-refractivity contribution in [1.82, 2.24) is 5.32 Å². The average molecular weight is 345 g/mol. The number of hydrogen-bond donors (Lipinski definition) is 1. The first kappa shape index (κ1) is 15.3. The van der Waals surface area contributed by atoms with Gasteiger partial charge in [0.05, 0.1) is 0 Å². The van der Waals surface area contributed by atoms with Gasteiger partial charge in [0.2, 0.25) is 0 Å². The fourth-order valence-corrected chi connectivity index (χ4v) is 4.47. The topological polar surface area (TPSA) is 12.0 Å². The Bertz CT molecular complexity index is 425. The molecule has 1 aromatic rings. The normalized spacial score (nSPS) is 29.2. The summed E-state index contributed by atoms with van der Waals surface area (Å²) >= 11 is 9.90. The number of hydrogen-bond acceptors (Lipinski definition) is 1. The lowest BCUT2D eigenvalue weighted by Crippen LogP contribution is -2.31. The molecule has 1 fully saturated rings. The molecule has 3 heteroatoms. The fraction of sp³-hybridized carbons (Fsp3) is 0.625. The molecule has 0 heterocycles. The van der Waals surface area contributed by atoms with E-state index in [4.69, 9.17) is 11.6 Å². The highest BCUT2D eigenvalue weighted by atomic mass is 79.9. The first-order chi connectivity index (χ1) is 9.01. The molecule has 3 unspecified atom stereocenters. The molecular weight excluding hydrogens is 322 g/mol. The lowest BCUT2D eigenvalue weighted by Gasteiger charge is -2.37. The lowest BCUT2D eigenvalue weighted by atomic mass is 9.72. The van der Waals surface area contributed by atoms with Gasteiger partial charge in [-0.3, -0.25) is 0 Å². The highest BCUT2D eigenvalue weighted by molar-refractivity contribution is 9.10. The molecule has 0 aliphatic heterocycles. The van der Waals surface area contributed by atoms with Gasteiger partial charge in [-0.25, -0.2) is 0 Å². The van der Waals surface area contributed by atoms with Gasteiger partial charge in [-0.1, -0.05) is 47.4 Å². The zero-order valence-electron chi connectivity index (χ0n) is 11.9. The highest BCUT2D eigenvalue weighted by Gasteiger charge is 2.31. The Kier molecular flexibility index (Phi) is 5.33. The monoisotopic (exact) mass is 343 g/mol. The predicted molar refractivity (Wildman–Crippen MR) is 86.6 cm³/mol. The van der Waals surface area contributed by atoms with Gasteiger partial charge in [0, 0.05) is 15.5 Å². The second-order valence-corrected chi connectivity index (χ2v) is 7.43. The van der Waals surface area contributed by atoms with Gasteiger partial charge in [0.15, 0.2) is 0 Å². The Labute approximate surface area is 130 Å². The molecule has 1 aromatic carbocycles. The van der Waals surface area contributed by atoms with Gasteiger partial charge in [0.25, 0.3) is 0 Å². The summed E-state index contributed by atoms with van der Waals surface area (Å²) in [6, 6.07) is 6.60. The molecule has 0 saturated heterocycles. The van der Waals surface area contributed by atoms with Gasteiger partial charge < -0.3 is 5.32 Å². The fourth-order valence-electron chi connectivity index (χ4n) is 3.68. The van der Waals surface area contributed by atoms with E-state index in [-0.39, 0.29) is 0 Å². The van der Waals surface area contributed by atoms with Crippen molar-refractivity contribution in [2.24, 2.45) is 17.8 Å². The van der Waals surface area contributed by atoms with Crippen LogP contribution in [0.4, 0.5) is 0 Å². The third-order valence-electron chi connectivity index (χ3n) is 4.29. The largest absolute Gasteiger partial charge is 0.313 e. The molecule has 2 rings (SSSR count). The van der Waals surface area contributed by atoms with Crippen LogP contribution in [0.5, 0.6) is 0 Å². The Morgan fingerprint density at radius 2 is 1.84 bits per heavy atom. The maximum Gasteiger partial charge on any atom is 0.0465 e. The van der Waals surface area contributed by atoms with E-state index in [1.165, 1.54) is 24.8 Å². The van der Waals surface area contributed by atoms with Crippen LogP contribution >= 0.6 is 27.5 Å². The molecule has 1 N–H and O–H groups in total. The van der Waals surface area contributed by atoms with E-state index in [2.05, 4.69) is 47.2 Å². The molecule has 19 heavy (non-hydrogen) atoms. The zero-order chi connectivity index (χ0) is 14.0. The zero-order valence-corrected chi connectivity index (χ0v) is 14.3. The van der Waals surface area contributed by atoms with Gasteiger partial charge in [-0.05, 0) is 61.8 Å². The molecule has 0 radical (unpaired) electrons. The smallest absolute Gasteiger partial charge is 0.0465 e. The molecule has 1 nitrogen and oxygen atoms in total. The standard InChI is InChI=1S/C16H23BrClN/c1-10-6-11(2)8-12(7-10)16(19-3)14-5-4-13(17)9-15(14)18/h4-5,9-12,16,19H,6-8H2,1-3H3. The molecule has 1 saturated carbocycles. The number of benzene rings is 1. The average Bonchev–Trinajstić information content (AvgIpc) is 2.31. The van der Waals surface area contributed by atoms with Crippen LogP contribution in [0, 0.1) is 17.8 Å². The Morgan fingerprint density at radius 3 is 2.37 bits per heavy atom. The van der Waals surface area contributed by atoms with Crippen molar-refractivity contribution in [3.8, 4) is 0 Å². The van der Waals surface area contributed by atoms with E-state index < -0.39 is 0 Å². The molecule has 106 valence electrons. The summed E-state index contributed by atoms with van der Waals surface area (Å²) in [5, 5.41) is 4.35.